The molecule has 66 valence electrons. The summed E-state index contributed by atoms with van der Waals surface area (Å²) in [6, 6.07) is -0.156. The highest BCUT2D eigenvalue weighted by Gasteiger charge is 2.09. The van der Waals surface area contributed by atoms with Crippen LogP contribution in [0.2, 0.25) is 0 Å². The van der Waals surface area contributed by atoms with Crippen LogP contribution < -0.4 is 17.0 Å². The van der Waals surface area contributed by atoms with Gasteiger partial charge in [-0.2, -0.15) is 0 Å². The lowest BCUT2D eigenvalue weighted by atomic mass is 10.1. The van der Waals surface area contributed by atoms with Crippen LogP contribution in [0.15, 0.2) is 0 Å². The van der Waals surface area contributed by atoms with Crippen LogP contribution in [0.3, 0.4) is 0 Å². The van der Waals surface area contributed by atoms with Gasteiger partial charge in [0.25, 0.3) is 0 Å². The van der Waals surface area contributed by atoms with Crippen LogP contribution in [0.25, 0.3) is 0 Å². The van der Waals surface area contributed by atoms with Gasteiger partial charge in [0.1, 0.15) is 0 Å². The first-order valence-corrected chi connectivity index (χ1v) is 3.58. The second kappa shape index (κ2) is 6.09. The summed E-state index contributed by atoms with van der Waals surface area (Å²) in [6.45, 7) is 0.567. The minimum atomic E-state index is -0.843. The predicted octanol–water partition coefficient (Wildman–Crippen LogP) is -0.968. The molecule has 0 aromatic rings. The summed E-state index contributed by atoms with van der Waals surface area (Å²) in [6.07, 6.45) is 1.55. The van der Waals surface area contributed by atoms with Gasteiger partial charge in [-0.15, -0.1) is 0 Å². The zero-order chi connectivity index (χ0) is 8.69. The standard InChI is InChI=1S/C6H15N3O2/c7-3-1-2-5(9-8)4-6(10)11/h5,9H,1-4,7-8H2,(H,10,11). The quantitative estimate of drug-likeness (QED) is 0.296. The third kappa shape index (κ3) is 5.78. The maximum Gasteiger partial charge on any atom is 0.304 e. The Bertz CT molecular complexity index is 118. The number of carboxylic acid groups (broad SMARTS) is 1. The number of rotatable bonds is 6. The van der Waals surface area contributed by atoms with Gasteiger partial charge in [-0.3, -0.25) is 16.1 Å². The number of nitrogens with one attached hydrogen (secondary N) is 1. The molecule has 0 aliphatic carbocycles. The van der Waals surface area contributed by atoms with Gasteiger partial charge in [0.2, 0.25) is 0 Å². The van der Waals surface area contributed by atoms with Crippen molar-refractivity contribution in [2.75, 3.05) is 6.54 Å². The molecule has 1 unspecified atom stereocenters. The van der Waals surface area contributed by atoms with Crippen molar-refractivity contribution in [3.63, 3.8) is 0 Å². The van der Waals surface area contributed by atoms with Gasteiger partial charge < -0.3 is 10.8 Å². The van der Waals surface area contributed by atoms with E-state index in [1.54, 1.807) is 0 Å². The van der Waals surface area contributed by atoms with Crippen LogP contribution in [0.5, 0.6) is 0 Å². The third-order valence-corrected chi connectivity index (χ3v) is 1.41. The fourth-order valence-electron chi connectivity index (χ4n) is 0.819. The smallest absolute Gasteiger partial charge is 0.304 e. The first-order chi connectivity index (χ1) is 5.20. The number of hydrogen-bond donors (Lipinski definition) is 4. The van der Waals surface area contributed by atoms with E-state index in [1.165, 1.54) is 0 Å². The first-order valence-electron chi connectivity index (χ1n) is 3.58. The Labute approximate surface area is 65.7 Å². The van der Waals surface area contributed by atoms with E-state index in [0.29, 0.717) is 13.0 Å². The molecule has 0 heterocycles. The summed E-state index contributed by atoms with van der Waals surface area (Å²) in [4.78, 5) is 10.2. The number of carbonyl (C=O) groups is 1. The lowest BCUT2D eigenvalue weighted by Crippen LogP contribution is -2.37. The Kier molecular flexibility index (Phi) is 5.73. The van der Waals surface area contributed by atoms with Crippen LogP contribution in [-0.2, 0) is 4.79 Å². The molecule has 0 radical (unpaired) electrons. The molecule has 5 heteroatoms. The van der Waals surface area contributed by atoms with E-state index in [9.17, 15) is 4.79 Å². The Hall–Kier alpha value is -0.650. The van der Waals surface area contributed by atoms with Crippen LogP contribution in [0, 0.1) is 0 Å². The molecule has 0 spiro atoms. The zero-order valence-electron chi connectivity index (χ0n) is 6.42. The van der Waals surface area contributed by atoms with Crippen LogP contribution in [0.1, 0.15) is 19.3 Å². The molecule has 0 saturated carbocycles. The van der Waals surface area contributed by atoms with Gasteiger partial charge in [-0.1, -0.05) is 0 Å². The maximum atomic E-state index is 10.2. The molecule has 0 bridgehead atoms. The van der Waals surface area contributed by atoms with Crippen LogP contribution in [0.4, 0.5) is 0 Å². The maximum absolute atomic E-state index is 10.2. The number of hydrogen-bond acceptors (Lipinski definition) is 4. The summed E-state index contributed by atoms with van der Waals surface area (Å²) in [5, 5.41) is 8.39. The SMILES string of the molecule is NCCCC(CC(=O)O)NN. The van der Waals surface area contributed by atoms with Gasteiger partial charge in [0.15, 0.2) is 0 Å². The molecule has 0 fully saturated rings. The average molecular weight is 161 g/mol. The highest BCUT2D eigenvalue weighted by molar-refractivity contribution is 5.67. The Balaban J connectivity index is 3.49. The van der Waals surface area contributed by atoms with Crippen molar-refractivity contribution in [2.24, 2.45) is 11.6 Å². The fourth-order valence-corrected chi connectivity index (χ4v) is 0.819. The van der Waals surface area contributed by atoms with Crippen LogP contribution >= 0.6 is 0 Å². The monoisotopic (exact) mass is 161 g/mol. The lowest BCUT2D eigenvalue weighted by Gasteiger charge is -2.11. The molecule has 0 rings (SSSR count). The highest BCUT2D eigenvalue weighted by atomic mass is 16.4. The van der Waals surface area contributed by atoms with Gasteiger partial charge >= 0.3 is 5.97 Å². The van der Waals surface area contributed by atoms with Gasteiger partial charge in [0.05, 0.1) is 6.42 Å². The fraction of sp³-hybridized carbons (Fsp3) is 0.833. The molecule has 6 N–H and O–H groups in total. The molecular weight excluding hydrogens is 146 g/mol. The minimum Gasteiger partial charge on any atom is -0.481 e. The molecule has 0 aromatic heterocycles. The van der Waals surface area contributed by atoms with Crippen molar-refractivity contribution in [3.8, 4) is 0 Å². The molecule has 5 nitrogen and oxygen atoms in total. The van der Waals surface area contributed by atoms with E-state index in [1.807, 2.05) is 0 Å². The molecule has 0 aromatic carbocycles. The Morgan fingerprint density at radius 2 is 2.27 bits per heavy atom. The van der Waals surface area contributed by atoms with E-state index in [4.69, 9.17) is 16.7 Å². The molecule has 11 heavy (non-hydrogen) atoms. The predicted molar refractivity (Wildman–Crippen MR) is 41.7 cm³/mol. The van der Waals surface area contributed by atoms with Gasteiger partial charge in [-0.25, -0.2) is 0 Å². The van der Waals surface area contributed by atoms with E-state index in [2.05, 4.69) is 5.43 Å². The second-order valence-corrected chi connectivity index (χ2v) is 2.39. The average Bonchev–Trinajstić information content (AvgIpc) is 1.97. The van der Waals surface area contributed by atoms with Crippen molar-refractivity contribution in [1.82, 2.24) is 5.43 Å². The number of carboxylic acids is 1. The van der Waals surface area contributed by atoms with Crippen molar-refractivity contribution < 1.29 is 9.90 Å². The summed E-state index contributed by atoms with van der Waals surface area (Å²) < 4.78 is 0. The molecule has 1 atom stereocenters. The van der Waals surface area contributed by atoms with Gasteiger partial charge in [0, 0.05) is 6.04 Å². The summed E-state index contributed by atoms with van der Waals surface area (Å²) in [5.74, 6) is 4.27. The highest BCUT2D eigenvalue weighted by Crippen LogP contribution is 1.99. The number of nitrogens with two attached hydrogens (primary N) is 2. The number of aliphatic carboxylic acids is 1. The molecule has 0 saturated heterocycles. The van der Waals surface area contributed by atoms with Crippen LogP contribution in [-0.4, -0.2) is 23.7 Å². The zero-order valence-corrected chi connectivity index (χ0v) is 6.42. The molecule has 0 aliphatic rings. The lowest BCUT2D eigenvalue weighted by molar-refractivity contribution is -0.137. The van der Waals surface area contributed by atoms with E-state index < -0.39 is 5.97 Å². The minimum absolute atomic E-state index is 0.0521. The van der Waals surface area contributed by atoms with Gasteiger partial charge in [-0.05, 0) is 19.4 Å². The summed E-state index contributed by atoms with van der Waals surface area (Å²) >= 11 is 0. The largest absolute Gasteiger partial charge is 0.481 e. The second-order valence-electron chi connectivity index (χ2n) is 2.39. The first kappa shape index (κ1) is 10.3. The summed E-state index contributed by atoms with van der Waals surface area (Å²) in [7, 11) is 0. The van der Waals surface area contributed by atoms with Crippen molar-refractivity contribution in [3.05, 3.63) is 0 Å². The topological polar surface area (TPSA) is 101 Å². The van der Waals surface area contributed by atoms with E-state index in [0.717, 1.165) is 6.42 Å². The van der Waals surface area contributed by atoms with Crippen molar-refractivity contribution in [2.45, 2.75) is 25.3 Å². The normalized spacial score (nSPS) is 12.9. The van der Waals surface area contributed by atoms with Crippen molar-refractivity contribution >= 4 is 5.97 Å². The molecular formula is C6H15N3O2. The Morgan fingerprint density at radius 1 is 1.64 bits per heavy atom. The van der Waals surface area contributed by atoms with E-state index >= 15 is 0 Å². The third-order valence-electron chi connectivity index (χ3n) is 1.41. The Morgan fingerprint density at radius 3 is 2.64 bits per heavy atom. The van der Waals surface area contributed by atoms with E-state index in [-0.39, 0.29) is 12.5 Å². The number of hydrazine groups is 1. The summed E-state index contributed by atoms with van der Waals surface area (Å²) in [5.41, 5.74) is 7.68. The van der Waals surface area contributed by atoms with Crippen molar-refractivity contribution in [1.29, 1.82) is 0 Å². The molecule has 0 aliphatic heterocycles. The molecule has 0 amide bonds.